The van der Waals surface area contributed by atoms with E-state index in [0.29, 0.717) is 12.6 Å². The molecule has 1 aliphatic rings. The summed E-state index contributed by atoms with van der Waals surface area (Å²) >= 11 is 1.71. The quantitative estimate of drug-likeness (QED) is 0.354. The summed E-state index contributed by atoms with van der Waals surface area (Å²) in [6, 6.07) is 7.21. The molecular weight excluding hydrogens is 488 g/mol. The van der Waals surface area contributed by atoms with Crippen molar-refractivity contribution in [2.45, 2.75) is 46.2 Å². The maximum atomic E-state index is 13.4. The molecule has 154 valence electrons. The first-order chi connectivity index (χ1) is 13.0. The number of halogens is 2. The van der Waals surface area contributed by atoms with Crippen molar-refractivity contribution in [3.05, 3.63) is 45.7 Å². The van der Waals surface area contributed by atoms with Crippen LogP contribution in [0.5, 0.6) is 0 Å². The smallest absolute Gasteiger partial charge is 0.191 e. The predicted octanol–water partition coefficient (Wildman–Crippen LogP) is 4.24. The second-order valence-electron chi connectivity index (χ2n) is 6.83. The number of aromatic nitrogens is 1. The van der Waals surface area contributed by atoms with E-state index in [2.05, 4.69) is 34.4 Å². The first kappa shape index (κ1) is 22.9. The van der Waals surface area contributed by atoms with Gasteiger partial charge in [0.1, 0.15) is 10.8 Å². The van der Waals surface area contributed by atoms with Crippen LogP contribution in [0.3, 0.4) is 0 Å². The molecular formula is C20H29FIN5S. The number of rotatable bonds is 5. The lowest BCUT2D eigenvalue weighted by Crippen LogP contribution is -2.48. The Kier molecular flexibility index (Phi) is 8.94. The van der Waals surface area contributed by atoms with Gasteiger partial charge in [-0.3, -0.25) is 0 Å². The van der Waals surface area contributed by atoms with Gasteiger partial charge in [0.05, 0.1) is 12.2 Å². The molecule has 0 unspecified atom stereocenters. The first-order valence-electron chi connectivity index (χ1n) is 9.53. The fourth-order valence-corrected chi connectivity index (χ4v) is 4.08. The molecule has 0 saturated carbocycles. The molecule has 2 aromatic rings. The minimum atomic E-state index is -0.179. The summed E-state index contributed by atoms with van der Waals surface area (Å²) < 4.78 is 13.4. The largest absolute Gasteiger partial charge is 0.371 e. The normalized spacial score (nSPS) is 15.3. The summed E-state index contributed by atoms with van der Waals surface area (Å²) in [7, 11) is 0. The Balaban J connectivity index is 0.00000280. The fraction of sp³-hybridized carbons (Fsp3) is 0.500. The van der Waals surface area contributed by atoms with Gasteiger partial charge in [0, 0.05) is 36.2 Å². The molecule has 0 bridgehead atoms. The Morgan fingerprint density at radius 2 is 2.07 bits per heavy atom. The molecule has 1 aliphatic heterocycles. The number of nitrogens with zero attached hydrogens (tertiary/aromatic N) is 3. The lowest BCUT2D eigenvalue weighted by atomic mass is 10.0. The molecule has 0 spiro atoms. The molecule has 8 heteroatoms. The van der Waals surface area contributed by atoms with Gasteiger partial charge in [0.25, 0.3) is 0 Å². The van der Waals surface area contributed by atoms with Crippen LogP contribution < -0.4 is 15.5 Å². The Morgan fingerprint density at radius 3 is 2.68 bits per heavy atom. The number of anilines is 1. The number of hydrogen-bond donors (Lipinski definition) is 2. The molecule has 1 fully saturated rings. The number of nitrogens with one attached hydrogen (secondary N) is 2. The lowest BCUT2D eigenvalue weighted by Gasteiger charge is -2.34. The van der Waals surface area contributed by atoms with Crippen molar-refractivity contribution in [2.75, 3.05) is 24.5 Å². The monoisotopic (exact) mass is 517 g/mol. The zero-order chi connectivity index (χ0) is 19.2. The van der Waals surface area contributed by atoms with Gasteiger partial charge in [0.15, 0.2) is 5.96 Å². The number of piperidine rings is 1. The second kappa shape index (κ2) is 10.9. The average molecular weight is 517 g/mol. The highest BCUT2D eigenvalue weighted by Crippen LogP contribution is 2.21. The fourth-order valence-electron chi connectivity index (χ4n) is 3.22. The lowest BCUT2D eigenvalue weighted by molar-refractivity contribution is 0.461. The summed E-state index contributed by atoms with van der Waals surface area (Å²) in [5, 5.41) is 7.92. The standard InChI is InChI=1S/C20H28FN5S.HI/c1-4-22-20(23-13-19-24-14(2)15(3)27-19)25-17-8-10-26(11-9-17)18-7-5-6-16(21)12-18;/h5-7,12,17H,4,8-11,13H2,1-3H3,(H2,22,23,25);1H. The molecule has 28 heavy (non-hydrogen) atoms. The molecule has 2 N–H and O–H groups in total. The van der Waals surface area contributed by atoms with E-state index in [1.807, 2.05) is 13.0 Å². The summed E-state index contributed by atoms with van der Waals surface area (Å²) in [6.45, 7) is 9.43. The molecule has 0 radical (unpaired) electrons. The van der Waals surface area contributed by atoms with Crippen molar-refractivity contribution in [1.29, 1.82) is 0 Å². The Labute approximate surface area is 187 Å². The van der Waals surface area contributed by atoms with Crippen LogP contribution in [0.25, 0.3) is 0 Å². The van der Waals surface area contributed by atoms with Crippen LogP contribution in [0.4, 0.5) is 10.1 Å². The van der Waals surface area contributed by atoms with E-state index >= 15 is 0 Å². The van der Waals surface area contributed by atoms with Crippen molar-refractivity contribution < 1.29 is 4.39 Å². The van der Waals surface area contributed by atoms with Gasteiger partial charge in [-0.15, -0.1) is 35.3 Å². The van der Waals surface area contributed by atoms with Gasteiger partial charge in [0.2, 0.25) is 0 Å². The van der Waals surface area contributed by atoms with E-state index in [9.17, 15) is 4.39 Å². The van der Waals surface area contributed by atoms with Crippen LogP contribution in [0.15, 0.2) is 29.3 Å². The molecule has 3 rings (SSSR count). The number of aryl methyl sites for hydroxylation is 2. The highest BCUT2D eigenvalue weighted by molar-refractivity contribution is 14.0. The summed E-state index contributed by atoms with van der Waals surface area (Å²) in [6.07, 6.45) is 1.99. The predicted molar refractivity (Wildman–Crippen MR) is 127 cm³/mol. The van der Waals surface area contributed by atoms with Crippen LogP contribution >= 0.6 is 35.3 Å². The van der Waals surface area contributed by atoms with Crippen LogP contribution in [0.1, 0.15) is 35.3 Å². The van der Waals surface area contributed by atoms with Crippen LogP contribution in [-0.4, -0.2) is 36.6 Å². The second-order valence-corrected chi connectivity index (χ2v) is 8.12. The molecule has 0 amide bonds. The topological polar surface area (TPSA) is 52.6 Å². The van der Waals surface area contributed by atoms with Crippen molar-refractivity contribution in [3.8, 4) is 0 Å². The van der Waals surface area contributed by atoms with Gasteiger partial charge in [-0.05, 0) is 51.8 Å². The number of benzene rings is 1. The Hall–Kier alpha value is -1.42. The third-order valence-corrected chi connectivity index (χ3v) is 5.86. The van der Waals surface area contributed by atoms with Gasteiger partial charge < -0.3 is 15.5 Å². The molecule has 0 aliphatic carbocycles. The van der Waals surface area contributed by atoms with E-state index in [4.69, 9.17) is 4.99 Å². The zero-order valence-corrected chi connectivity index (χ0v) is 19.8. The molecule has 1 aromatic heterocycles. The molecule has 0 atom stereocenters. The summed E-state index contributed by atoms with van der Waals surface area (Å²) in [5.41, 5.74) is 2.05. The van der Waals surface area contributed by atoms with Crippen molar-refractivity contribution >= 4 is 47.0 Å². The van der Waals surface area contributed by atoms with E-state index < -0.39 is 0 Å². The first-order valence-corrected chi connectivity index (χ1v) is 10.3. The Bertz CT molecular complexity index is 767. The van der Waals surface area contributed by atoms with E-state index in [1.165, 1.54) is 10.9 Å². The number of guanidine groups is 1. The van der Waals surface area contributed by atoms with E-state index in [0.717, 1.165) is 54.8 Å². The van der Waals surface area contributed by atoms with Crippen LogP contribution in [0.2, 0.25) is 0 Å². The molecule has 2 heterocycles. The summed E-state index contributed by atoms with van der Waals surface area (Å²) in [5.74, 6) is 0.661. The van der Waals surface area contributed by atoms with Gasteiger partial charge in [-0.25, -0.2) is 14.4 Å². The van der Waals surface area contributed by atoms with Gasteiger partial charge in [-0.1, -0.05) is 6.07 Å². The zero-order valence-electron chi connectivity index (χ0n) is 16.7. The highest BCUT2D eigenvalue weighted by atomic mass is 127. The Morgan fingerprint density at radius 1 is 1.32 bits per heavy atom. The van der Waals surface area contributed by atoms with Gasteiger partial charge >= 0.3 is 0 Å². The maximum absolute atomic E-state index is 13.4. The third kappa shape index (κ3) is 6.30. The number of hydrogen-bond acceptors (Lipinski definition) is 4. The third-order valence-electron chi connectivity index (χ3n) is 4.80. The van der Waals surface area contributed by atoms with Crippen molar-refractivity contribution in [1.82, 2.24) is 15.6 Å². The molecule has 1 saturated heterocycles. The number of aliphatic imine (C=N–C) groups is 1. The van der Waals surface area contributed by atoms with Crippen molar-refractivity contribution in [2.24, 2.45) is 4.99 Å². The molecule has 1 aromatic carbocycles. The van der Waals surface area contributed by atoms with Crippen LogP contribution in [-0.2, 0) is 6.54 Å². The maximum Gasteiger partial charge on any atom is 0.191 e. The van der Waals surface area contributed by atoms with Crippen LogP contribution in [0, 0.1) is 19.7 Å². The van der Waals surface area contributed by atoms with E-state index in [1.54, 1.807) is 23.5 Å². The highest BCUT2D eigenvalue weighted by Gasteiger charge is 2.20. The SMILES string of the molecule is CCNC(=NCc1nc(C)c(C)s1)NC1CCN(c2cccc(F)c2)CC1.I. The minimum Gasteiger partial charge on any atom is -0.371 e. The average Bonchev–Trinajstić information content (AvgIpc) is 2.98. The summed E-state index contributed by atoms with van der Waals surface area (Å²) in [4.78, 5) is 12.8. The number of thiazole rings is 1. The minimum absolute atomic E-state index is 0. The van der Waals surface area contributed by atoms with Crippen molar-refractivity contribution in [3.63, 3.8) is 0 Å². The van der Waals surface area contributed by atoms with Gasteiger partial charge in [-0.2, -0.15) is 0 Å². The van der Waals surface area contributed by atoms with E-state index in [-0.39, 0.29) is 29.8 Å². The molecule has 5 nitrogen and oxygen atoms in total.